The van der Waals surface area contributed by atoms with E-state index in [0.29, 0.717) is 29.5 Å². The van der Waals surface area contributed by atoms with Crippen molar-refractivity contribution >= 4 is 36.9 Å². The zero-order chi connectivity index (χ0) is 19.6. The summed E-state index contributed by atoms with van der Waals surface area (Å²) in [6, 6.07) is 0. The van der Waals surface area contributed by atoms with Gasteiger partial charge in [0, 0.05) is 6.61 Å². The van der Waals surface area contributed by atoms with E-state index in [1.807, 2.05) is 17.1 Å². The summed E-state index contributed by atoms with van der Waals surface area (Å²) in [7, 11) is -2.05. The van der Waals surface area contributed by atoms with Crippen LogP contribution in [0.4, 0.5) is 0 Å². The molecule has 0 fully saturated rings. The molecule has 25 heavy (non-hydrogen) atoms. The van der Waals surface area contributed by atoms with Crippen LogP contribution in [0.3, 0.4) is 0 Å². The summed E-state index contributed by atoms with van der Waals surface area (Å²) < 4.78 is 14.1. The molecule has 0 radical (unpaired) electrons. The average molecular weight is 484 g/mol. The van der Waals surface area contributed by atoms with Gasteiger partial charge in [0.1, 0.15) is 0 Å². The van der Waals surface area contributed by atoms with Crippen molar-refractivity contribution in [2.24, 2.45) is 0 Å². The van der Waals surface area contributed by atoms with Crippen molar-refractivity contribution in [1.82, 2.24) is 0 Å². The highest BCUT2D eigenvalue weighted by molar-refractivity contribution is 14.1. The minimum Gasteiger partial charge on any atom is -0.463 e. The molecular formula is C19H37IO4Si. The van der Waals surface area contributed by atoms with Gasteiger partial charge in [0.15, 0.2) is 0 Å². The summed E-state index contributed by atoms with van der Waals surface area (Å²) >= 11 is 2.17. The van der Waals surface area contributed by atoms with E-state index in [0.717, 1.165) is 0 Å². The highest BCUT2D eigenvalue weighted by atomic mass is 127. The molecule has 0 aliphatic rings. The largest absolute Gasteiger partial charge is 0.463 e. The van der Waals surface area contributed by atoms with Crippen LogP contribution in [0.1, 0.15) is 67.7 Å². The Hall–Kier alpha value is 0.0769. The lowest BCUT2D eigenvalue weighted by Crippen LogP contribution is -2.50. The molecule has 0 heterocycles. The lowest BCUT2D eigenvalue weighted by molar-refractivity contribution is -0.150. The van der Waals surface area contributed by atoms with E-state index < -0.39 is 8.32 Å². The van der Waals surface area contributed by atoms with Crippen LogP contribution in [-0.4, -0.2) is 38.2 Å². The number of esters is 1. The second-order valence-electron chi connectivity index (χ2n) is 7.66. The molecule has 6 heteroatoms. The van der Waals surface area contributed by atoms with E-state index in [1.54, 1.807) is 0 Å². The molecule has 4 nitrogen and oxygen atoms in total. The third-order valence-corrected chi connectivity index (χ3v) is 11.4. The Balaban J connectivity index is 5.12. The molecule has 0 aliphatic carbocycles. The zero-order valence-electron chi connectivity index (χ0n) is 16.9. The highest BCUT2D eigenvalue weighted by Crippen LogP contribution is 2.43. The molecule has 0 unspecified atom stereocenters. The Morgan fingerprint density at radius 1 is 1.08 bits per heavy atom. The topological polar surface area (TPSA) is 55.8 Å². The average Bonchev–Trinajstić information content (AvgIpc) is 2.49. The fourth-order valence-electron chi connectivity index (χ4n) is 3.78. The predicted octanol–water partition coefficient (Wildman–Crippen LogP) is 5.59. The molecular weight excluding hydrogens is 447 g/mol. The van der Waals surface area contributed by atoms with Crippen LogP contribution in [0, 0.1) is 0 Å². The molecule has 0 aromatic carbocycles. The second kappa shape index (κ2) is 12.5. The monoisotopic (exact) mass is 484 g/mol. The maximum Gasteiger partial charge on any atom is 0.308 e. The number of halogens is 1. The van der Waals surface area contributed by atoms with Gasteiger partial charge in [0.05, 0.1) is 18.6 Å². The first kappa shape index (κ1) is 25.1. The molecule has 0 aromatic rings. The van der Waals surface area contributed by atoms with Gasteiger partial charge in [0.25, 0.3) is 0 Å². The Morgan fingerprint density at radius 3 is 2.00 bits per heavy atom. The maximum atomic E-state index is 12.3. The molecule has 148 valence electrons. The van der Waals surface area contributed by atoms with Crippen molar-refractivity contribution in [3.63, 3.8) is 0 Å². The SMILES string of the molecule is CC(C)[Si](O[C@H](/C=C/I)CC(=O)O[C@H](C)CCCO)(C(C)C)C(C)C. The van der Waals surface area contributed by atoms with E-state index in [2.05, 4.69) is 64.1 Å². The van der Waals surface area contributed by atoms with E-state index in [-0.39, 0.29) is 31.2 Å². The Morgan fingerprint density at radius 2 is 1.60 bits per heavy atom. The van der Waals surface area contributed by atoms with E-state index in [4.69, 9.17) is 14.3 Å². The molecule has 1 N–H and O–H groups in total. The quantitative estimate of drug-likeness (QED) is 0.223. The third-order valence-electron chi connectivity index (χ3n) is 4.82. The number of ether oxygens (including phenoxy) is 1. The standard InChI is InChI=1S/C19H37IO4Si/c1-14(2)25(15(3)4,16(5)6)24-18(10-11-20)13-19(22)23-17(7)9-8-12-21/h10-11,14-18,21H,8-9,12-13H2,1-7H3/b11-10+/t17-,18-/m1/s1. The van der Waals surface area contributed by atoms with Gasteiger partial charge in [-0.25, -0.2) is 0 Å². The number of aliphatic hydroxyl groups is 1. The number of aliphatic hydroxyl groups excluding tert-OH is 1. The number of hydrogen-bond acceptors (Lipinski definition) is 4. The minimum absolute atomic E-state index is 0.122. The molecule has 0 saturated carbocycles. The zero-order valence-corrected chi connectivity index (χ0v) is 20.1. The van der Waals surface area contributed by atoms with Crippen LogP contribution in [0.5, 0.6) is 0 Å². The fraction of sp³-hybridized carbons (Fsp3) is 0.842. The molecule has 0 aromatic heterocycles. The van der Waals surface area contributed by atoms with Crippen molar-refractivity contribution in [1.29, 1.82) is 0 Å². The van der Waals surface area contributed by atoms with Crippen LogP contribution >= 0.6 is 22.6 Å². The lowest BCUT2D eigenvalue weighted by Gasteiger charge is -2.44. The summed E-state index contributed by atoms with van der Waals surface area (Å²) in [6.07, 6.45) is 3.11. The Labute approximate surface area is 169 Å². The highest BCUT2D eigenvalue weighted by Gasteiger charge is 2.46. The van der Waals surface area contributed by atoms with E-state index >= 15 is 0 Å². The fourth-order valence-corrected chi connectivity index (χ4v) is 9.74. The van der Waals surface area contributed by atoms with E-state index in [9.17, 15) is 4.79 Å². The van der Waals surface area contributed by atoms with Gasteiger partial charge >= 0.3 is 5.97 Å². The summed E-state index contributed by atoms with van der Waals surface area (Å²) in [5.74, 6) is -0.232. The molecule has 0 bridgehead atoms. The molecule has 0 amide bonds. The molecule has 2 atom stereocenters. The summed E-state index contributed by atoms with van der Waals surface area (Å²) in [6.45, 7) is 15.4. The molecule has 0 spiro atoms. The minimum atomic E-state index is -2.05. The number of carbonyl (C=O) groups excluding carboxylic acids is 1. The summed E-state index contributed by atoms with van der Waals surface area (Å²) in [4.78, 5) is 12.3. The number of carbonyl (C=O) groups is 1. The van der Waals surface area contributed by atoms with Gasteiger partial charge in [-0.2, -0.15) is 0 Å². The van der Waals surface area contributed by atoms with Crippen molar-refractivity contribution in [3.05, 3.63) is 10.2 Å². The summed E-state index contributed by atoms with van der Waals surface area (Å²) in [5.41, 5.74) is 1.41. The second-order valence-corrected chi connectivity index (χ2v) is 13.8. The van der Waals surface area contributed by atoms with Crippen LogP contribution in [0.15, 0.2) is 10.2 Å². The molecule has 0 saturated heterocycles. The van der Waals surface area contributed by atoms with Gasteiger partial charge in [0.2, 0.25) is 8.32 Å². The number of hydrogen-bond donors (Lipinski definition) is 1. The first-order chi connectivity index (χ1) is 11.6. The smallest absolute Gasteiger partial charge is 0.308 e. The van der Waals surface area contributed by atoms with Gasteiger partial charge in [-0.15, -0.1) is 0 Å². The molecule has 0 rings (SSSR count). The molecule has 0 aliphatic heterocycles. The normalized spacial score (nSPS) is 15.4. The predicted molar refractivity (Wildman–Crippen MR) is 116 cm³/mol. The van der Waals surface area contributed by atoms with Gasteiger partial charge < -0.3 is 14.3 Å². The van der Waals surface area contributed by atoms with Crippen molar-refractivity contribution in [2.75, 3.05) is 6.61 Å². The van der Waals surface area contributed by atoms with Gasteiger partial charge in [-0.3, -0.25) is 4.79 Å². The van der Waals surface area contributed by atoms with Gasteiger partial charge in [-0.1, -0.05) is 70.2 Å². The van der Waals surface area contributed by atoms with Crippen LogP contribution in [0.2, 0.25) is 16.6 Å². The van der Waals surface area contributed by atoms with Crippen LogP contribution in [0.25, 0.3) is 0 Å². The maximum absolute atomic E-state index is 12.3. The third kappa shape index (κ3) is 8.09. The lowest BCUT2D eigenvalue weighted by atomic mass is 10.2. The van der Waals surface area contributed by atoms with Crippen molar-refractivity contribution in [2.45, 2.75) is 96.6 Å². The van der Waals surface area contributed by atoms with Gasteiger partial charge in [-0.05, 0) is 40.5 Å². The first-order valence-corrected chi connectivity index (χ1v) is 12.7. The first-order valence-electron chi connectivity index (χ1n) is 9.36. The van der Waals surface area contributed by atoms with Crippen molar-refractivity contribution < 1.29 is 19.1 Å². The number of rotatable bonds is 12. The van der Waals surface area contributed by atoms with Crippen molar-refractivity contribution in [3.8, 4) is 0 Å². The Kier molecular flexibility index (Phi) is 12.5. The van der Waals surface area contributed by atoms with Crippen LogP contribution in [-0.2, 0) is 14.0 Å². The summed E-state index contributed by atoms with van der Waals surface area (Å²) in [5, 5.41) is 8.88. The van der Waals surface area contributed by atoms with Crippen LogP contribution < -0.4 is 0 Å². The Bertz CT molecular complexity index is 388. The van der Waals surface area contributed by atoms with E-state index in [1.165, 1.54) is 0 Å².